The maximum Gasteiger partial charge on any atom is 0.409 e. The van der Waals surface area contributed by atoms with Gasteiger partial charge < -0.3 is 14.7 Å². The molecule has 1 heterocycles. The van der Waals surface area contributed by atoms with Gasteiger partial charge in [0.25, 0.3) is 0 Å². The number of rotatable bonds is 4. The van der Waals surface area contributed by atoms with Crippen LogP contribution in [0.15, 0.2) is 48.5 Å². The Hall–Kier alpha value is -2.82. The van der Waals surface area contributed by atoms with Crippen LogP contribution in [0.4, 0.5) is 4.79 Å². The van der Waals surface area contributed by atoms with Crippen molar-refractivity contribution < 1.29 is 19.4 Å². The van der Waals surface area contributed by atoms with Crippen LogP contribution in [0, 0.1) is 5.92 Å². The number of carbonyl (C=O) groups is 2. The van der Waals surface area contributed by atoms with Gasteiger partial charge in [0.05, 0.1) is 0 Å². The Labute approximate surface area is 152 Å². The number of nitrogens with zero attached hydrogens (tertiary/aromatic N) is 1. The second-order valence-corrected chi connectivity index (χ2v) is 7.00. The Morgan fingerprint density at radius 3 is 2.27 bits per heavy atom. The van der Waals surface area contributed by atoms with Crippen molar-refractivity contribution in [2.24, 2.45) is 5.92 Å². The topological polar surface area (TPSA) is 66.8 Å². The summed E-state index contributed by atoms with van der Waals surface area (Å²) in [4.78, 5) is 24.9. The molecule has 4 rings (SSSR count). The highest BCUT2D eigenvalue weighted by Gasteiger charge is 2.32. The number of likely N-dealkylation sites (tertiary alicyclic amines) is 1. The van der Waals surface area contributed by atoms with E-state index in [0.717, 1.165) is 6.42 Å². The second-order valence-electron chi connectivity index (χ2n) is 7.00. The van der Waals surface area contributed by atoms with Crippen molar-refractivity contribution in [1.82, 2.24) is 4.90 Å². The molecule has 1 unspecified atom stereocenters. The fraction of sp³-hybridized carbons (Fsp3) is 0.333. The number of fused-ring (bicyclic) bond motifs is 3. The van der Waals surface area contributed by atoms with Crippen LogP contribution >= 0.6 is 0 Å². The van der Waals surface area contributed by atoms with Crippen LogP contribution in [-0.2, 0) is 9.53 Å². The molecule has 5 nitrogen and oxygen atoms in total. The maximum absolute atomic E-state index is 12.4. The Balaban J connectivity index is 1.44. The van der Waals surface area contributed by atoms with Gasteiger partial charge in [0.2, 0.25) is 0 Å². The van der Waals surface area contributed by atoms with Crippen molar-refractivity contribution in [1.29, 1.82) is 0 Å². The molecular weight excluding hydrogens is 330 g/mol. The van der Waals surface area contributed by atoms with Gasteiger partial charge in [-0.1, -0.05) is 48.5 Å². The quantitative estimate of drug-likeness (QED) is 0.911. The van der Waals surface area contributed by atoms with E-state index >= 15 is 0 Å². The van der Waals surface area contributed by atoms with Gasteiger partial charge in [-0.3, -0.25) is 4.79 Å². The lowest BCUT2D eigenvalue weighted by molar-refractivity contribution is -0.138. The highest BCUT2D eigenvalue weighted by Crippen LogP contribution is 2.44. The molecule has 5 heteroatoms. The number of aliphatic carboxylic acids is 1. The number of carboxylic acids is 1. The normalized spacial score (nSPS) is 18.5. The van der Waals surface area contributed by atoms with Crippen LogP contribution in [0.5, 0.6) is 0 Å². The fourth-order valence-electron chi connectivity index (χ4n) is 4.10. The molecule has 2 aliphatic rings. The van der Waals surface area contributed by atoms with Crippen molar-refractivity contribution in [3.8, 4) is 11.1 Å². The molecule has 1 N–H and O–H groups in total. The average molecular weight is 351 g/mol. The molecule has 2 aromatic rings. The fourth-order valence-corrected chi connectivity index (χ4v) is 4.10. The summed E-state index contributed by atoms with van der Waals surface area (Å²) in [6, 6.07) is 16.5. The van der Waals surface area contributed by atoms with Gasteiger partial charge in [-0.05, 0) is 34.6 Å². The van der Waals surface area contributed by atoms with Gasteiger partial charge in [0, 0.05) is 25.4 Å². The molecule has 2 aromatic carbocycles. The summed E-state index contributed by atoms with van der Waals surface area (Å²) in [5, 5.41) is 8.90. The van der Waals surface area contributed by atoms with Crippen LogP contribution in [0.2, 0.25) is 0 Å². The third-order valence-electron chi connectivity index (χ3n) is 5.34. The number of hydrogen-bond acceptors (Lipinski definition) is 3. The summed E-state index contributed by atoms with van der Waals surface area (Å²) < 4.78 is 5.62. The average Bonchev–Trinajstić information content (AvgIpc) is 3.22. The minimum absolute atomic E-state index is 0.0213. The molecule has 0 saturated carbocycles. The standard InChI is InChI=1S/C21H21NO4/c23-20(24)11-14-9-10-22(12-14)21(25)26-13-19-17-7-3-1-5-15(17)16-6-2-4-8-18(16)19/h1-8,14,19H,9-13H2,(H,23,24). The Bertz CT molecular complexity index is 802. The highest BCUT2D eigenvalue weighted by atomic mass is 16.6. The molecular formula is C21H21NO4. The summed E-state index contributed by atoms with van der Waals surface area (Å²) in [5.74, 6) is -0.749. The third-order valence-corrected chi connectivity index (χ3v) is 5.34. The van der Waals surface area contributed by atoms with Crippen LogP contribution in [0.25, 0.3) is 11.1 Å². The van der Waals surface area contributed by atoms with Gasteiger partial charge in [-0.2, -0.15) is 0 Å². The number of benzene rings is 2. The number of carboxylic acid groups (broad SMARTS) is 1. The van der Waals surface area contributed by atoms with E-state index in [4.69, 9.17) is 9.84 Å². The maximum atomic E-state index is 12.4. The van der Waals surface area contributed by atoms with E-state index in [2.05, 4.69) is 24.3 Å². The molecule has 0 bridgehead atoms. The van der Waals surface area contributed by atoms with Crippen LogP contribution in [0.1, 0.15) is 29.9 Å². The van der Waals surface area contributed by atoms with Gasteiger partial charge in [-0.25, -0.2) is 4.79 Å². The van der Waals surface area contributed by atoms with E-state index in [0.29, 0.717) is 19.7 Å². The van der Waals surface area contributed by atoms with Gasteiger partial charge in [0.1, 0.15) is 6.61 Å². The minimum Gasteiger partial charge on any atom is -0.481 e. The summed E-state index contributed by atoms with van der Waals surface area (Å²) in [5.41, 5.74) is 4.78. The van der Waals surface area contributed by atoms with Gasteiger partial charge in [0.15, 0.2) is 0 Å². The zero-order chi connectivity index (χ0) is 18.1. The molecule has 1 atom stereocenters. The molecule has 1 saturated heterocycles. The molecule has 1 amide bonds. The van der Waals surface area contributed by atoms with E-state index in [1.807, 2.05) is 24.3 Å². The van der Waals surface area contributed by atoms with Gasteiger partial charge >= 0.3 is 12.1 Å². The second kappa shape index (κ2) is 6.83. The van der Waals surface area contributed by atoms with E-state index in [1.54, 1.807) is 4.90 Å². The predicted molar refractivity (Wildman–Crippen MR) is 97.0 cm³/mol. The number of hydrogen-bond donors (Lipinski definition) is 1. The summed E-state index contributed by atoms with van der Waals surface area (Å²) in [7, 11) is 0. The zero-order valence-electron chi connectivity index (χ0n) is 14.4. The zero-order valence-corrected chi connectivity index (χ0v) is 14.4. The van der Waals surface area contributed by atoms with Gasteiger partial charge in [-0.15, -0.1) is 0 Å². The smallest absolute Gasteiger partial charge is 0.409 e. The highest BCUT2D eigenvalue weighted by molar-refractivity contribution is 5.79. The molecule has 134 valence electrons. The van der Waals surface area contributed by atoms with Crippen molar-refractivity contribution in [2.45, 2.75) is 18.8 Å². The lowest BCUT2D eigenvalue weighted by Gasteiger charge is -2.19. The Kier molecular flexibility index (Phi) is 4.37. The van der Waals surface area contributed by atoms with E-state index in [9.17, 15) is 9.59 Å². The van der Waals surface area contributed by atoms with Crippen molar-refractivity contribution in [2.75, 3.05) is 19.7 Å². The molecule has 1 aliphatic heterocycles. The summed E-state index contributed by atoms with van der Waals surface area (Å²) in [6.45, 7) is 1.32. The van der Waals surface area contributed by atoms with Crippen molar-refractivity contribution >= 4 is 12.1 Å². The molecule has 1 fully saturated rings. The summed E-state index contributed by atoms with van der Waals surface area (Å²) in [6.07, 6.45) is 0.476. The van der Waals surface area contributed by atoms with Crippen LogP contribution in [-0.4, -0.2) is 41.8 Å². The summed E-state index contributed by atoms with van der Waals surface area (Å²) >= 11 is 0. The van der Waals surface area contributed by atoms with E-state index in [-0.39, 0.29) is 24.3 Å². The minimum atomic E-state index is -0.815. The molecule has 0 radical (unpaired) electrons. The molecule has 0 spiro atoms. The number of ether oxygens (including phenoxy) is 1. The molecule has 0 aromatic heterocycles. The predicted octanol–water partition coefficient (Wildman–Crippen LogP) is 3.73. The first-order chi connectivity index (χ1) is 12.6. The first-order valence-corrected chi connectivity index (χ1v) is 8.95. The number of carbonyl (C=O) groups excluding carboxylic acids is 1. The van der Waals surface area contributed by atoms with E-state index in [1.165, 1.54) is 22.3 Å². The Morgan fingerprint density at radius 1 is 1.04 bits per heavy atom. The monoisotopic (exact) mass is 351 g/mol. The van der Waals surface area contributed by atoms with Crippen molar-refractivity contribution in [3.63, 3.8) is 0 Å². The van der Waals surface area contributed by atoms with E-state index < -0.39 is 5.97 Å². The lowest BCUT2D eigenvalue weighted by atomic mass is 9.98. The lowest BCUT2D eigenvalue weighted by Crippen LogP contribution is -2.30. The van der Waals surface area contributed by atoms with Crippen LogP contribution < -0.4 is 0 Å². The Morgan fingerprint density at radius 2 is 1.65 bits per heavy atom. The largest absolute Gasteiger partial charge is 0.481 e. The molecule has 26 heavy (non-hydrogen) atoms. The number of amides is 1. The SMILES string of the molecule is O=C(O)CC1CCN(C(=O)OCC2c3ccccc3-c3ccccc32)C1. The van der Waals surface area contributed by atoms with Crippen LogP contribution in [0.3, 0.4) is 0 Å². The first-order valence-electron chi connectivity index (χ1n) is 8.95. The van der Waals surface area contributed by atoms with Crippen molar-refractivity contribution in [3.05, 3.63) is 59.7 Å². The first kappa shape index (κ1) is 16.6. The third kappa shape index (κ3) is 3.05. The molecule has 1 aliphatic carbocycles.